The second kappa shape index (κ2) is 7.35. The minimum absolute atomic E-state index is 0.0535. The van der Waals surface area contributed by atoms with Crippen molar-refractivity contribution in [3.8, 4) is 0 Å². The number of halogens is 1. The number of rotatable bonds is 3. The summed E-state index contributed by atoms with van der Waals surface area (Å²) in [6.07, 6.45) is 2.14. The molecule has 1 aliphatic heterocycles. The maximum atomic E-state index is 13.2. The average Bonchev–Trinajstić information content (AvgIpc) is 2.98. The lowest BCUT2D eigenvalue weighted by molar-refractivity contribution is 0.313. The van der Waals surface area contributed by atoms with E-state index in [1.165, 1.54) is 6.92 Å². The predicted octanol–water partition coefficient (Wildman–Crippen LogP) is 2.77. The van der Waals surface area contributed by atoms with Crippen molar-refractivity contribution in [1.29, 1.82) is 10.8 Å². The summed E-state index contributed by atoms with van der Waals surface area (Å²) >= 11 is 5.29. The molecule has 6 nitrogen and oxygen atoms in total. The third-order valence-corrected chi connectivity index (χ3v) is 5.40. The minimum Gasteiger partial charge on any atom is -0.367 e. The van der Waals surface area contributed by atoms with Gasteiger partial charge in [0.25, 0.3) is 0 Å². The normalized spacial score (nSPS) is 17.0. The number of thioether (sulfide) groups is 1. The third-order valence-electron chi connectivity index (χ3n) is 4.23. The summed E-state index contributed by atoms with van der Waals surface area (Å²) in [6, 6.07) is 2.01. The maximum absolute atomic E-state index is 13.2. The van der Waals surface area contributed by atoms with E-state index in [9.17, 15) is 4.39 Å². The highest BCUT2D eigenvalue weighted by molar-refractivity contribution is 8.26. The Balaban J connectivity index is 1.95. The van der Waals surface area contributed by atoms with Crippen molar-refractivity contribution in [2.75, 3.05) is 38.1 Å². The first-order valence-corrected chi connectivity index (χ1v) is 9.26. The van der Waals surface area contributed by atoms with E-state index in [2.05, 4.69) is 34.5 Å². The van der Waals surface area contributed by atoms with Crippen LogP contribution in [0.5, 0.6) is 0 Å². The van der Waals surface area contributed by atoms with E-state index in [1.54, 1.807) is 12.4 Å². The van der Waals surface area contributed by atoms with Crippen molar-refractivity contribution in [3.05, 3.63) is 24.3 Å². The van der Waals surface area contributed by atoms with Crippen LogP contribution in [0.3, 0.4) is 0 Å². The molecule has 134 valence electrons. The van der Waals surface area contributed by atoms with Crippen LogP contribution in [0, 0.1) is 10.8 Å². The van der Waals surface area contributed by atoms with Gasteiger partial charge in [0, 0.05) is 37.3 Å². The molecule has 0 amide bonds. The molecule has 3 heterocycles. The summed E-state index contributed by atoms with van der Waals surface area (Å²) in [4.78, 5) is 9.70. The molecule has 1 saturated heterocycles. The fourth-order valence-corrected chi connectivity index (χ4v) is 3.63. The number of nitrogens with zero attached hydrogens (tertiary/aromatic N) is 4. The number of thiol groups is 1. The Labute approximate surface area is 155 Å². The summed E-state index contributed by atoms with van der Waals surface area (Å²) < 4.78 is 15.0. The zero-order chi connectivity index (χ0) is 18.1. The molecule has 0 spiro atoms. The summed E-state index contributed by atoms with van der Waals surface area (Å²) in [7, 11) is 2.11. The number of imidazole rings is 1. The number of fused-ring (bicyclic) bond motifs is 1. The zero-order valence-corrected chi connectivity index (χ0v) is 15.9. The lowest BCUT2D eigenvalue weighted by Crippen LogP contribution is -2.44. The molecule has 0 bridgehead atoms. The van der Waals surface area contributed by atoms with Crippen LogP contribution in [-0.4, -0.2) is 63.8 Å². The van der Waals surface area contributed by atoms with E-state index in [-0.39, 0.29) is 10.1 Å². The average molecular weight is 381 g/mol. The molecule has 2 aromatic rings. The zero-order valence-electron chi connectivity index (χ0n) is 14.2. The monoisotopic (exact) mass is 380 g/mol. The van der Waals surface area contributed by atoms with Crippen LogP contribution in [0.4, 0.5) is 10.1 Å². The van der Waals surface area contributed by atoms with Gasteiger partial charge in [0.15, 0.2) is 5.82 Å². The largest absolute Gasteiger partial charge is 0.367 e. The Hall–Kier alpha value is -1.58. The van der Waals surface area contributed by atoms with E-state index in [1.807, 2.05) is 10.5 Å². The summed E-state index contributed by atoms with van der Waals surface area (Å²) in [5, 5.41) is 15.7. The summed E-state index contributed by atoms with van der Waals surface area (Å²) in [6.45, 7) is 5.10. The van der Waals surface area contributed by atoms with E-state index in [0.717, 1.165) is 54.0 Å². The number of piperazine rings is 1. The molecule has 1 aliphatic rings. The van der Waals surface area contributed by atoms with Crippen LogP contribution in [0.25, 0.3) is 5.52 Å². The van der Waals surface area contributed by atoms with Gasteiger partial charge in [-0.3, -0.25) is 15.2 Å². The highest BCUT2D eigenvalue weighted by atomic mass is 32.2. The lowest BCUT2D eigenvalue weighted by Gasteiger charge is -2.34. The number of anilines is 1. The number of pyridine rings is 1. The molecule has 1 unspecified atom stereocenters. The number of alkyl halides is 1. The van der Waals surface area contributed by atoms with Gasteiger partial charge in [-0.1, -0.05) is 0 Å². The quantitative estimate of drug-likeness (QED) is 0.435. The van der Waals surface area contributed by atoms with Crippen LogP contribution >= 0.6 is 24.4 Å². The molecule has 0 aromatic carbocycles. The van der Waals surface area contributed by atoms with Crippen LogP contribution in [-0.2, 0) is 0 Å². The van der Waals surface area contributed by atoms with Crippen LogP contribution in [0.1, 0.15) is 12.7 Å². The molecule has 0 radical (unpaired) electrons. The molecule has 9 heteroatoms. The van der Waals surface area contributed by atoms with E-state index in [4.69, 9.17) is 10.8 Å². The molecular formula is C16H21FN6S2. The number of hydrogen-bond acceptors (Lipinski definition) is 7. The minimum atomic E-state index is -1.39. The smallest absolute Gasteiger partial charge is 0.169 e. The standard InChI is InChI=1S/C16H21FN6S2/c1-10(17)14(18)25-15(19)16-20-8-13-12(7-11(24)9-23(13)16)22-5-3-21(2)4-6-22/h7-10,18-19,24H,3-6H2,1-2H3. The topological polar surface area (TPSA) is 71.5 Å². The van der Waals surface area contributed by atoms with Gasteiger partial charge in [-0.25, -0.2) is 9.37 Å². The van der Waals surface area contributed by atoms with Crippen molar-refractivity contribution in [2.24, 2.45) is 0 Å². The highest BCUT2D eigenvalue weighted by Crippen LogP contribution is 2.28. The number of hydrogen-bond donors (Lipinski definition) is 3. The van der Waals surface area contributed by atoms with Crippen molar-refractivity contribution < 1.29 is 4.39 Å². The fourth-order valence-electron chi connectivity index (χ4n) is 2.77. The Kier molecular flexibility index (Phi) is 5.35. The van der Waals surface area contributed by atoms with Gasteiger partial charge >= 0.3 is 0 Å². The summed E-state index contributed by atoms with van der Waals surface area (Å²) in [5.41, 5.74) is 1.92. The number of likely N-dealkylation sites (N-methyl/N-ethyl adjacent to an activating group) is 1. The highest BCUT2D eigenvalue weighted by Gasteiger charge is 2.21. The second-order valence-corrected chi connectivity index (χ2v) is 7.69. The van der Waals surface area contributed by atoms with Crippen molar-refractivity contribution in [1.82, 2.24) is 14.3 Å². The summed E-state index contributed by atoms with van der Waals surface area (Å²) in [5.74, 6) is 0.400. The third kappa shape index (κ3) is 3.83. The predicted molar refractivity (Wildman–Crippen MR) is 105 cm³/mol. The number of aromatic nitrogens is 2. The van der Waals surface area contributed by atoms with Gasteiger partial charge < -0.3 is 9.80 Å². The molecule has 1 fully saturated rings. The fraction of sp³-hybridized carbons (Fsp3) is 0.438. The van der Waals surface area contributed by atoms with Gasteiger partial charge in [-0.2, -0.15) is 0 Å². The maximum Gasteiger partial charge on any atom is 0.169 e. The molecule has 2 N–H and O–H groups in total. The molecule has 25 heavy (non-hydrogen) atoms. The van der Waals surface area contributed by atoms with Gasteiger partial charge in [-0.05, 0) is 31.8 Å². The first-order valence-electron chi connectivity index (χ1n) is 7.99. The Morgan fingerprint density at radius 2 is 2.00 bits per heavy atom. The van der Waals surface area contributed by atoms with E-state index >= 15 is 0 Å². The van der Waals surface area contributed by atoms with Gasteiger partial charge in [0.1, 0.15) is 16.3 Å². The van der Waals surface area contributed by atoms with Crippen molar-refractivity contribution in [2.45, 2.75) is 18.0 Å². The Morgan fingerprint density at radius 1 is 1.32 bits per heavy atom. The first kappa shape index (κ1) is 18.2. The van der Waals surface area contributed by atoms with E-state index < -0.39 is 6.17 Å². The SMILES string of the molecule is CC(F)C(=N)SC(=N)c1ncc2c(N3CCN(C)CC3)cc(S)cn12. The van der Waals surface area contributed by atoms with Crippen LogP contribution < -0.4 is 4.90 Å². The Morgan fingerprint density at radius 3 is 2.64 bits per heavy atom. The molecule has 1 atom stereocenters. The second-order valence-electron chi connectivity index (χ2n) is 6.12. The van der Waals surface area contributed by atoms with Crippen LogP contribution in [0.15, 0.2) is 23.4 Å². The van der Waals surface area contributed by atoms with Gasteiger partial charge in [-0.15, -0.1) is 12.6 Å². The lowest BCUT2D eigenvalue weighted by atomic mass is 10.2. The Bertz CT molecular complexity index is 810. The van der Waals surface area contributed by atoms with Crippen molar-refractivity contribution >= 4 is 45.7 Å². The first-order chi connectivity index (χ1) is 11.9. The number of nitrogens with one attached hydrogen (secondary N) is 2. The molecule has 0 aliphatic carbocycles. The van der Waals surface area contributed by atoms with Gasteiger partial charge in [0.2, 0.25) is 0 Å². The molecule has 2 aromatic heterocycles. The molecule has 0 saturated carbocycles. The molecular weight excluding hydrogens is 359 g/mol. The van der Waals surface area contributed by atoms with Gasteiger partial charge in [0.05, 0.1) is 17.4 Å². The molecule has 3 rings (SSSR count). The van der Waals surface area contributed by atoms with Crippen LogP contribution in [0.2, 0.25) is 0 Å². The van der Waals surface area contributed by atoms with Crippen molar-refractivity contribution in [3.63, 3.8) is 0 Å². The van der Waals surface area contributed by atoms with E-state index in [0.29, 0.717) is 5.82 Å².